The van der Waals surface area contributed by atoms with Gasteiger partial charge in [-0.2, -0.15) is 5.26 Å². The van der Waals surface area contributed by atoms with Crippen molar-refractivity contribution in [3.63, 3.8) is 0 Å². The molecule has 1 aromatic carbocycles. The molecule has 3 rings (SSSR count). The number of fused-ring (bicyclic) bond motifs is 1. The summed E-state index contributed by atoms with van der Waals surface area (Å²) in [6.45, 7) is 5.03. The number of carbonyl (C=O) groups excluding carboxylic acids is 3. The SMILES string of the molecule is CC(C)COC(=O)N1CCN(C(=O)C(=O)c2c[nH]c3c(C#N)ccc(F)c23)CC1. The molecule has 0 saturated carbocycles. The molecule has 1 N–H and O–H groups in total. The van der Waals surface area contributed by atoms with E-state index in [1.165, 1.54) is 22.1 Å². The van der Waals surface area contributed by atoms with Crippen LogP contribution in [-0.2, 0) is 9.53 Å². The summed E-state index contributed by atoms with van der Waals surface area (Å²) in [5.74, 6) is -2.10. The molecule has 9 heteroatoms. The Kier molecular flexibility index (Phi) is 5.82. The Morgan fingerprint density at radius 2 is 1.86 bits per heavy atom. The maximum atomic E-state index is 14.3. The molecule has 0 bridgehead atoms. The van der Waals surface area contributed by atoms with Crippen LogP contribution in [0.15, 0.2) is 18.3 Å². The lowest BCUT2D eigenvalue weighted by atomic mass is 10.1. The molecule has 1 aliphatic rings. The minimum Gasteiger partial charge on any atom is -0.449 e. The summed E-state index contributed by atoms with van der Waals surface area (Å²) >= 11 is 0. The van der Waals surface area contributed by atoms with Crippen LogP contribution < -0.4 is 0 Å². The van der Waals surface area contributed by atoms with Gasteiger partial charge < -0.3 is 19.5 Å². The third-order valence-corrected chi connectivity index (χ3v) is 4.71. The van der Waals surface area contributed by atoms with Gasteiger partial charge in [0.2, 0.25) is 0 Å². The quantitative estimate of drug-likeness (QED) is 0.626. The number of aromatic nitrogens is 1. The van der Waals surface area contributed by atoms with Crippen molar-refractivity contribution >= 4 is 28.7 Å². The fraction of sp³-hybridized carbons (Fsp3) is 0.400. The van der Waals surface area contributed by atoms with Crippen LogP contribution in [0.2, 0.25) is 0 Å². The number of hydrogen-bond donors (Lipinski definition) is 1. The van der Waals surface area contributed by atoms with E-state index < -0.39 is 23.6 Å². The highest BCUT2D eigenvalue weighted by Gasteiger charge is 2.31. The first-order valence-electron chi connectivity index (χ1n) is 9.28. The summed E-state index contributed by atoms with van der Waals surface area (Å²) in [6.07, 6.45) is 0.800. The van der Waals surface area contributed by atoms with Crippen molar-refractivity contribution in [1.29, 1.82) is 5.26 Å². The van der Waals surface area contributed by atoms with Gasteiger partial charge in [-0.25, -0.2) is 9.18 Å². The summed E-state index contributed by atoms with van der Waals surface area (Å²) in [5.41, 5.74) is 0.251. The van der Waals surface area contributed by atoms with Crippen LogP contribution in [0.3, 0.4) is 0 Å². The average Bonchev–Trinajstić information content (AvgIpc) is 3.17. The second kappa shape index (κ2) is 8.31. The second-order valence-electron chi connectivity index (χ2n) is 7.24. The van der Waals surface area contributed by atoms with E-state index in [1.807, 2.05) is 19.9 Å². The summed E-state index contributed by atoms with van der Waals surface area (Å²) in [6, 6.07) is 4.32. The van der Waals surface area contributed by atoms with E-state index in [4.69, 9.17) is 10.00 Å². The van der Waals surface area contributed by atoms with E-state index >= 15 is 0 Å². The summed E-state index contributed by atoms with van der Waals surface area (Å²) in [4.78, 5) is 42.9. The standard InChI is InChI=1S/C20H21FN4O4/c1-12(2)11-29-20(28)25-7-5-24(6-8-25)19(27)18(26)14-10-23-17-13(9-22)3-4-15(21)16(14)17/h3-4,10,12,23H,5-8,11H2,1-2H3. The van der Waals surface area contributed by atoms with Crippen molar-refractivity contribution in [1.82, 2.24) is 14.8 Å². The highest BCUT2D eigenvalue weighted by atomic mass is 19.1. The Bertz CT molecular complexity index is 1000. The maximum Gasteiger partial charge on any atom is 0.409 e. The first kappa shape index (κ1) is 20.3. The summed E-state index contributed by atoms with van der Waals surface area (Å²) in [7, 11) is 0. The van der Waals surface area contributed by atoms with Gasteiger partial charge in [0.05, 0.1) is 23.3 Å². The third kappa shape index (κ3) is 4.06. The van der Waals surface area contributed by atoms with E-state index in [1.54, 1.807) is 0 Å². The predicted octanol–water partition coefficient (Wildman–Crippen LogP) is 2.30. The van der Waals surface area contributed by atoms with Crippen LogP contribution >= 0.6 is 0 Å². The zero-order valence-electron chi connectivity index (χ0n) is 16.2. The molecular weight excluding hydrogens is 379 g/mol. The monoisotopic (exact) mass is 400 g/mol. The average molecular weight is 400 g/mol. The Morgan fingerprint density at radius 1 is 1.21 bits per heavy atom. The fourth-order valence-electron chi connectivity index (χ4n) is 3.16. The molecule has 0 radical (unpaired) electrons. The van der Waals surface area contributed by atoms with E-state index in [-0.39, 0.29) is 54.1 Å². The molecule has 0 unspecified atom stereocenters. The Morgan fingerprint density at radius 3 is 2.48 bits per heavy atom. The predicted molar refractivity (Wildman–Crippen MR) is 102 cm³/mol. The smallest absolute Gasteiger partial charge is 0.409 e. The van der Waals surface area contributed by atoms with Crippen molar-refractivity contribution in [2.45, 2.75) is 13.8 Å². The van der Waals surface area contributed by atoms with Gasteiger partial charge in [-0.1, -0.05) is 13.8 Å². The van der Waals surface area contributed by atoms with E-state index in [2.05, 4.69) is 4.98 Å². The number of Topliss-reactive ketones (excluding diaryl/α,β-unsaturated/α-hetero) is 1. The number of nitrogens with one attached hydrogen (secondary N) is 1. The summed E-state index contributed by atoms with van der Waals surface area (Å²) in [5, 5.41) is 9.06. The molecule has 29 heavy (non-hydrogen) atoms. The van der Waals surface area contributed by atoms with Crippen LogP contribution in [-0.4, -0.2) is 65.4 Å². The van der Waals surface area contributed by atoms with Gasteiger partial charge in [0, 0.05) is 37.8 Å². The molecule has 1 fully saturated rings. The van der Waals surface area contributed by atoms with Gasteiger partial charge in [0.15, 0.2) is 0 Å². The van der Waals surface area contributed by atoms with Crippen LogP contribution in [0.25, 0.3) is 10.9 Å². The lowest BCUT2D eigenvalue weighted by molar-refractivity contribution is -0.128. The number of ketones is 1. The number of hydrogen-bond acceptors (Lipinski definition) is 5. The minimum atomic E-state index is -0.860. The number of amides is 2. The zero-order valence-corrected chi connectivity index (χ0v) is 16.2. The summed E-state index contributed by atoms with van der Waals surface area (Å²) < 4.78 is 19.4. The van der Waals surface area contributed by atoms with Gasteiger partial charge in [-0.15, -0.1) is 0 Å². The lowest BCUT2D eigenvalue weighted by Gasteiger charge is -2.33. The van der Waals surface area contributed by atoms with Crippen LogP contribution in [0, 0.1) is 23.1 Å². The Labute approximate surface area is 166 Å². The zero-order chi connectivity index (χ0) is 21.1. The molecule has 8 nitrogen and oxygen atoms in total. The second-order valence-corrected chi connectivity index (χ2v) is 7.24. The first-order chi connectivity index (χ1) is 13.8. The number of piperazine rings is 1. The van der Waals surface area contributed by atoms with Crippen molar-refractivity contribution in [3.8, 4) is 6.07 Å². The molecular formula is C20H21FN4O4. The van der Waals surface area contributed by atoms with Crippen LogP contribution in [0.5, 0.6) is 0 Å². The van der Waals surface area contributed by atoms with Gasteiger partial charge in [-0.05, 0) is 18.1 Å². The van der Waals surface area contributed by atoms with Crippen molar-refractivity contribution in [3.05, 3.63) is 35.3 Å². The van der Waals surface area contributed by atoms with Crippen molar-refractivity contribution < 1.29 is 23.5 Å². The number of benzene rings is 1. The molecule has 2 aromatic rings. The first-order valence-corrected chi connectivity index (χ1v) is 9.28. The minimum absolute atomic E-state index is 0.0710. The molecule has 2 heterocycles. The molecule has 152 valence electrons. The number of nitriles is 1. The number of ether oxygens (including phenoxy) is 1. The topological polar surface area (TPSA) is 106 Å². The maximum absolute atomic E-state index is 14.3. The Balaban J connectivity index is 1.70. The molecule has 1 aromatic heterocycles. The van der Waals surface area contributed by atoms with Gasteiger partial charge >= 0.3 is 6.09 Å². The molecule has 1 aliphatic heterocycles. The lowest BCUT2D eigenvalue weighted by Crippen LogP contribution is -2.52. The highest BCUT2D eigenvalue weighted by Crippen LogP contribution is 2.25. The fourth-order valence-corrected chi connectivity index (χ4v) is 3.16. The number of H-pyrrole nitrogens is 1. The molecule has 0 atom stereocenters. The Hall–Kier alpha value is -3.41. The molecule has 0 aliphatic carbocycles. The van der Waals surface area contributed by atoms with Crippen molar-refractivity contribution in [2.75, 3.05) is 32.8 Å². The number of rotatable bonds is 4. The van der Waals surface area contributed by atoms with Gasteiger partial charge in [-0.3, -0.25) is 9.59 Å². The number of aromatic amines is 1. The van der Waals surface area contributed by atoms with E-state index in [0.29, 0.717) is 6.61 Å². The number of carbonyl (C=O) groups is 3. The van der Waals surface area contributed by atoms with Crippen LogP contribution in [0.4, 0.5) is 9.18 Å². The highest BCUT2D eigenvalue weighted by molar-refractivity contribution is 6.45. The molecule has 2 amide bonds. The largest absolute Gasteiger partial charge is 0.449 e. The number of nitrogens with zero attached hydrogens (tertiary/aromatic N) is 3. The normalized spacial score (nSPS) is 14.2. The van der Waals surface area contributed by atoms with Crippen molar-refractivity contribution in [2.24, 2.45) is 5.92 Å². The molecule has 0 spiro atoms. The molecule has 1 saturated heterocycles. The third-order valence-electron chi connectivity index (χ3n) is 4.71. The van der Waals surface area contributed by atoms with E-state index in [9.17, 15) is 18.8 Å². The van der Waals surface area contributed by atoms with E-state index in [0.717, 1.165) is 6.07 Å². The van der Waals surface area contributed by atoms with Crippen LogP contribution in [0.1, 0.15) is 29.8 Å². The van der Waals surface area contributed by atoms with Gasteiger partial charge in [0.1, 0.15) is 11.9 Å². The van der Waals surface area contributed by atoms with Gasteiger partial charge in [0.25, 0.3) is 11.7 Å². The number of halogens is 1.